The zero-order valence-electron chi connectivity index (χ0n) is 10.5. The molecule has 1 aromatic heterocycles. The summed E-state index contributed by atoms with van der Waals surface area (Å²) in [6.07, 6.45) is 4.18. The van der Waals surface area contributed by atoms with Crippen LogP contribution in [0.1, 0.15) is 30.9 Å². The van der Waals surface area contributed by atoms with Gasteiger partial charge in [-0.25, -0.2) is 4.98 Å². The van der Waals surface area contributed by atoms with Crippen LogP contribution in [0.4, 0.5) is 5.82 Å². The fourth-order valence-electron chi connectivity index (χ4n) is 2.34. The van der Waals surface area contributed by atoms with Crippen LogP contribution in [0.3, 0.4) is 0 Å². The van der Waals surface area contributed by atoms with Gasteiger partial charge in [0.25, 0.3) is 0 Å². The molecule has 4 heteroatoms. The first kappa shape index (κ1) is 11.9. The fourth-order valence-corrected chi connectivity index (χ4v) is 2.34. The maximum absolute atomic E-state index is 7.69. The predicted molar refractivity (Wildman–Crippen MR) is 70.6 cm³/mol. The number of piperidine rings is 1. The van der Waals surface area contributed by atoms with Gasteiger partial charge in [-0.1, -0.05) is 6.92 Å². The minimum absolute atomic E-state index is 0.115. The van der Waals surface area contributed by atoms with Gasteiger partial charge in [0.05, 0.1) is 5.56 Å². The highest BCUT2D eigenvalue weighted by Crippen LogP contribution is 2.25. The molecule has 0 aliphatic carbocycles. The molecule has 1 fully saturated rings. The Hall–Kier alpha value is -1.58. The third-order valence-electron chi connectivity index (χ3n) is 3.49. The number of nitrogen functional groups attached to an aromatic ring is 1. The molecule has 1 saturated heterocycles. The first-order valence-corrected chi connectivity index (χ1v) is 6.14. The van der Waals surface area contributed by atoms with Crippen LogP contribution in [0.15, 0.2) is 12.3 Å². The summed E-state index contributed by atoms with van der Waals surface area (Å²) in [4.78, 5) is 6.67. The lowest BCUT2D eigenvalue weighted by Gasteiger charge is -2.32. The Morgan fingerprint density at radius 1 is 1.47 bits per heavy atom. The van der Waals surface area contributed by atoms with E-state index < -0.39 is 0 Å². The van der Waals surface area contributed by atoms with Gasteiger partial charge in [-0.15, -0.1) is 0 Å². The van der Waals surface area contributed by atoms with E-state index >= 15 is 0 Å². The van der Waals surface area contributed by atoms with Gasteiger partial charge >= 0.3 is 0 Å². The summed E-state index contributed by atoms with van der Waals surface area (Å²) in [5.41, 5.74) is 7.49. The highest BCUT2D eigenvalue weighted by atomic mass is 15.2. The SMILES string of the molecule is Cc1ccnc(N2CCC(C)CC2)c1C(=N)N. The van der Waals surface area contributed by atoms with E-state index in [2.05, 4.69) is 16.8 Å². The molecule has 1 aliphatic heterocycles. The molecular weight excluding hydrogens is 212 g/mol. The molecule has 0 unspecified atom stereocenters. The highest BCUT2D eigenvalue weighted by Gasteiger charge is 2.21. The standard InChI is InChI=1S/C13H20N4/c1-9-4-7-17(8-5-9)13-11(12(14)15)10(2)3-6-16-13/h3,6,9H,4-5,7-8H2,1-2H3,(H3,14,15). The monoisotopic (exact) mass is 232 g/mol. The maximum atomic E-state index is 7.69. The quantitative estimate of drug-likeness (QED) is 0.604. The summed E-state index contributed by atoms with van der Waals surface area (Å²) in [5, 5.41) is 7.69. The summed E-state index contributed by atoms with van der Waals surface area (Å²) in [6.45, 7) is 6.29. The number of hydrogen-bond donors (Lipinski definition) is 2. The molecule has 0 atom stereocenters. The number of hydrogen-bond acceptors (Lipinski definition) is 3. The number of pyridine rings is 1. The van der Waals surface area contributed by atoms with Crippen LogP contribution in [0.2, 0.25) is 0 Å². The fraction of sp³-hybridized carbons (Fsp3) is 0.538. The van der Waals surface area contributed by atoms with Crippen molar-refractivity contribution in [3.8, 4) is 0 Å². The van der Waals surface area contributed by atoms with Crippen molar-refractivity contribution in [3.05, 3.63) is 23.4 Å². The van der Waals surface area contributed by atoms with Crippen LogP contribution in [-0.2, 0) is 0 Å². The van der Waals surface area contributed by atoms with Gasteiger partial charge in [0.2, 0.25) is 0 Å². The molecule has 0 aromatic carbocycles. The van der Waals surface area contributed by atoms with Crippen molar-refractivity contribution in [1.29, 1.82) is 5.41 Å². The van der Waals surface area contributed by atoms with E-state index in [9.17, 15) is 0 Å². The third kappa shape index (κ3) is 2.40. The Balaban J connectivity index is 2.32. The Kier molecular flexibility index (Phi) is 3.31. The van der Waals surface area contributed by atoms with Crippen molar-refractivity contribution in [1.82, 2.24) is 4.98 Å². The number of aromatic nitrogens is 1. The smallest absolute Gasteiger partial charge is 0.139 e. The number of anilines is 1. The van der Waals surface area contributed by atoms with Gasteiger partial charge < -0.3 is 10.6 Å². The van der Waals surface area contributed by atoms with E-state index in [-0.39, 0.29) is 5.84 Å². The molecule has 0 spiro atoms. The van der Waals surface area contributed by atoms with E-state index in [0.717, 1.165) is 36.0 Å². The van der Waals surface area contributed by atoms with Crippen molar-refractivity contribution in [3.63, 3.8) is 0 Å². The Bertz CT molecular complexity index is 419. The normalized spacial score (nSPS) is 17.2. The topological polar surface area (TPSA) is 66.0 Å². The lowest BCUT2D eigenvalue weighted by atomic mass is 9.98. The van der Waals surface area contributed by atoms with Crippen LogP contribution < -0.4 is 10.6 Å². The van der Waals surface area contributed by atoms with Gasteiger partial charge in [0.1, 0.15) is 11.7 Å². The van der Waals surface area contributed by atoms with E-state index in [4.69, 9.17) is 11.1 Å². The third-order valence-corrected chi connectivity index (χ3v) is 3.49. The lowest BCUT2D eigenvalue weighted by Crippen LogP contribution is -2.35. The minimum atomic E-state index is 0.115. The summed E-state index contributed by atoms with van der Waals surface area (Å²) in [6, 6.07) is 1.91. The van der Waals surface area contributed by atoms with Crippen molar-refractivity contribution < 1.29 is 0 Å². The molecule has 3 N–H and O–H groups in total. The molecule has 2 heterocycles. The number of aryl methyl sites for hydroxylation is 1. The van der Waals surface area contributed by atoms with Crippen molar-refractivity contribution in [2.75, 3.05) is 18.0 Å². The molecular formula is C13H20N4. The highest BCUT2D eigenvalue weighted by molar-refractivity contribution is 6.01. The molecule has 2 rings (SSSR count). The maximum Gasteiger partial charge on any atom is 0.139 e. The predicted octanol–water partition coefficient (Wildman–Crippen LogP) is 1.91. The first-order valence-electron chi connectivity index (χ1n) is 6.14. The van der Waals surface area contributed by atoms with Gasteiger partial charge in [-0.2, -0.15) is 0 Å². The summed E-state index contributed by atoms with van der Waals surface area (Å²) in [7, 11) is 0. The van der Waals surface area contributed by atoms with Gasteiger partial charge in [0, 0.05) is 19.3 Å². The van der Waals surface area contributed by atoms with Gasteiger partial charge in [-0.05, 0) is 37.3 Å². The summed E-state index contributed by atoms with van der Waals surface area (Å²) < 4.78 is 0. The van der Waals surface area contributed by atoms with E-state index in [1.165, 1.54) is 12.8 Å². The average molecular weight is 232 g/mol. The van der Waals surface area contributed by atoms with Gasteiger partial charge in [-0.3, -0.25) is 5.41 Å². The van der Waals surface area contributed by atoms with Crippen LogP contribution in [0.25, 0.3) is 0 Å². The molecule has 0 amide bonds. The van der Waals surface area contributed by atoms with Crippen molar-refractivity contribution in [2.45, 2.75) is 26.7 Å². The number of rotatable bonds is 2. The number of nitrogens with zero attached hydrogens (tertiary/aromatic N) is 2. The number of nitrogens with two attached hydrogens (primary N) is 1. The molecule has 92 valence electrons. The largest absolute Gasteiger partial charge is 0.384 e. The molecule has 4 nitrogen and oxygen atoms in total. The Morgan fingerprint density at radius 3 is 2.71 bits per heavy atom. The van der Waals surface area contributed by atoms with E-state index in [1.54, 1.807) is 6.20 Å². The molecule has 1 aromatic rings. The van der Waals surface area contributed by atoms with Crippen LogP contribution in [-0.4, -0.2) is 23.9 Å². The molecule has 1 aliphatic rings. The van der Waals surface area contributed by atoms with Crippen molar-refractivity contribution >= 4 is 11.7 Å². The number of nitrogens with one attached hydrogen (secondary N) is 1. The van der Waals surface area contributed by atoms with Crippen molar-refractivity contribution in [2.24, 2.45) is 11.7 Å². The zero-order valence-corrected chi connectivity index (χ0v) is 10.5. The van der Waals surface area contributed by atoms with Crippen LogP contribution in [0.5, 0.6) is 0 Å². The second-order valence-electron chi connectivity index (χ2n) is 4.91. The summed E-state index contributed by atoms with van der Waals surface area (Å²) >= 11 is 0. The number of amidine groups is 1. The minimum Gasteiger partial charge on any atom is -0.384 e. The first-order chi connectivity index (χ1) is 8.09. The molecule has 0 bridgehead atoms. The van der Waals surface area contributed by atoms with Crippen LogP contribution >= 0.6 is 0 Å². The van der Waals surface area contributed by atoms with Crippen LogP contribution in [0, 0.1) is 18.3 Å². The zero-order chi connectivity index (χ0) is 12.4. The molecule has 0 radical (unpaired) electrons. The second kappa shape index (κ2) is 4.73. The summed E-state index contributed by atoms with van der Waals surface area (Å²) in [5.74, 6) is 1.78. The Morgan fingerprint density at radius 2 is 2.12 bits per heavy atom. The average Bonchev–Trinajstić information content (AvgIpc) is 2.29. The molecule has 17 heavy (non-hydrogen) atoms. The Labute approximate surface area is 102 Å². The molecule has 0 saturated carbocycles. The van der Waals surface area contributed by atoms with E-state index in [0.29, 0.717) is 0 Å². The lowest BCUT2D eigenvalue weighted by molar-refractivity contribution is 0.436. The second-order valence-corrected chi connectivity index (χ2v) is 4.91. The van der Waals surface area contributed by atoms with E-state index in [1.807, 2.05) is 13.0 Å². The van der Waals surface area contributed by atoms with Gasteiger partial charge in [0.15, 0.2) is 0 Å².